The van der Waals surface area contributed by atoms with Crippen LogP contribution in [0, 0.1) is 17.0 Å². The first-order valence-electron chi connectivity index (χ1n) is 7.46. The Bertz CT molecular complexity index is 1050. The quantitative estimate of drug-likeness (QED) is 0.508. The molecule has 0 bridgehead atoms. The van der Waals surface area contributed by atoms with E-state index in [1.807, 2.05) is 6.07 Å². The highest BCUT2D eigenvalue weighted by Crippen LogP contribution is 2.21. The minimum absolute atomic E-state index is 0.162. The van der Waals surface area contributed by atoms with E-state index in [9.17, 15) is 18.5 Å². The Hall–Kier alpha value is -3.18. The molecule has 1 N–H and O–H groups in total. The van der Waals surface area contributed by atoms with Gasteiger partial charge in [-0.15, -0.1) is 5.10 Å². The van der Waals surface area contributed by atoms with Gasteiger partial charge in [-0.05, 0) is 35.0 Å². The van der Waals surface area contributed by atoms with E-state index < -0.39 is 14.9 Å². The fraction of sp³-hybridized carbons (Fsp3) is 0.133. The number of aromatic nitrogens is 4. The van der Waals surface area contributed by atoms with Crippen LogP contribution in [0.2, 0.25) is 0 Å². The molecule has 11 heteroatoms. The van der Waals surface area contributed by atoms with Crippen LogP contribution in [0.3, 0.4) is 0 Å². The van der Waals surface area contributed by atoms with Crippen LogP contribution in [-0.4, -0.2) is 33.5 Å². The Kier molecular flexibility index (Phi) is 4.73. The van der Waals surface area contributed by atoms with Gasteiger partial charge in [-0.2, -0.15) is 4.68 Å². The summed E-state index contributed by atoms with van der Waals surface area (Å²) in [6.45, 7) is 1.39. The lowest BCUT2D eigenvalue weighted by Crippen LogP contribution is -2.25. The van der Waals surface area contributed by atoms with Crippen molar-refractivity contribution in [1.82, 2.24) is 24.9 Å². The first kappa shape index (κ1) is 17.6. The zero-order chi connectivity index (χ0) is 18.7. The summed E-state index contributed by atoms with van der Waals surface area (Å²) in [5.41, 5.74) is 0.772. The lowest BCUT2D eigenvalue weighted by Gasteiger charge is -2.09. The highest BCUT2D eigenvalue weighted by atomic mass is 32.2. The molecule has 26 heavy (non-hydrogen) atoms. The van der Waals surface area contributed by atoms with Gasteiger partial charge >= 0.3 is 0 Å². The molecule has 1 aromatic heterocycles. The third-order valence-electron chi connectivity index (χ3n) is 3.63. The molecular formula is C15H14N6O4S. The van der Waals surface area contributed by atoms with Gasteiger partial charge in [-0.25, -0.2) is 13.1 Å². The van der Waals surface area contributed by atoms with Gasteiger partial charge in [0.1, 0.15) is 0 Å². The molecule has 0 saturated carbocycles. The summed E-state index contributed by atoms with van der Waals surface area (Å²) in [6.07, 6.45) is 0. The lowest BCUT2D eigenvalue weighted by molar-refractivity contribution is -0.385. The second kappa shape index (κ2) is 6.98. The predicted octanol–water partition coefficient (Wildman–Crippen LogP) is 1.36. The number of nitrogens with zero attached hydrogens (tertiary/aromatic N) is 5. The number of para-hydroxylation sites is 1. The molecule has 0 aliphatic rings. The lowest BCUT2D eigenvalue weighted by atomic mass is 10.2. The number of tetrazole rings is 1. The second-order valence-electron chi connectivity index (χ2n) is 5.37. The zero-order valence-corrected chi connectivity index (χ0v) is 14.4. The monoisotopic (exact) mass is 374 g/mol. The van der Waals surface area contributed by atoms with Crippen molar-refractivity contribution in [1.29, 1.82) is 0 Å². The molecule has 0 amide bonds. The Balaban J connectivity index is 1.86. The molecule has 2 aromatic carbocycles. The summed E-state index contributed by atoms with van der Waals surface area (Å²) in [5, 5.41) is 22.1. The fourth-order valence-electron chi connectivity index (χ4n) is 2.31. The van der Waals surface area contributed by atoms with Crippen molar-refractivity contribution >= 4 is 15.7 Å². The highest BCUT2D eigenvalue weighted by molar-refractivity contribution is 7.89. The Morgan fingerprint density at radius 1 is 1.19 bits per heavy atom. The molecule has 134 valence electrons. The number of rotatable bonds is 6. The Morgan fingerprint density at radius 3 is 2.62 bits per heavy atom. The van der Waals surface area contributed by atoms with Crippen molar-refractivity contribution < 1.29 is 13.3 Å². The molecule has 3 aromatic rings. The van der Waals surface area contributed by atoms with Gasteiger partial charge in [0.25, 0.3) is 5.69 Å². The summed E-state index contributed by atoms with van der Waals surface area (Å²) in [7, 11) is -3.99. The molecule has 1 heterocycles. The molecule has 10 nitrogen and oxygen atoms in total. The van der Waals surface area contributed by atoms with Crippen LogP contribution in [0.15, 0.2) is 53.4 Å². The van der Waals surface area contributed by atoms with Crippen molar-refractivity contribution in [3.05, 3.63) is 70.0 Å². The van der Waals surface area contributed by atoms with Crippen LogP contribution in [0.1, 0.15) is 11.4 Å². The highest BCUT2D eigenvalue weighted by Gasteiger charge is 2.21. The maximum atomic E-state index is 12.6. The van der Waals surface area contributed by atoms with Crippen LogP contribution < -0.4 is 4.72 Å². The average molecular weight is 374 g/mol. The number of sulfonamides is 1. The Morgan fingerprint density at radius 2 is 1.92 bits per heavy atom. The number of non-ortho nitro benzene ring substituents is 1. The maximum absolute atomic E-state index is 12.6. The summed E-state index contributed by atoms with van der Waals surface area (Å²) in [6, 6.07) is 12.7. The largest absolute Gasteiger partial charge is 0.270 e. The van der Waals surface area contributed by atoms with Gasteiger partial charge in [0.05, 0.1) is 22.1 Å². The van der Waals surface area contributed by atoms with E-state index in [1.165, 1.54) is 16.8 Å². The van der Waals surface area contributed by atoms with E-state index in [4.69, 9.17) is 0 Å². The summed E-state index contributed by atoms with van der Waals surface area (Å²) >= 11 is 0. The van der Waals surface area contributed by atoms with E-state index in [-0.39, 0.29) is 23.0 Å². The molecule has 0 spiro atoms. The van der Waals surface area contributed by atoms with Crippen LogP contribution in [0.5, 0.6) is 0 Å². The third kappa shape index (κ3) is 3.58. The van der Waals surface area contributed by atoms with Crippen molar-refractivity contribution in [2.45, 2.75) is 18.4 Å². The van der Waals surface area contributed by atoms with E-state index in [0.29, 0.717) is 11.3 Å². The molecule has 0 radical (unpaired) electrons. The first-order valence-corrected chi connectivity index (χ1v) is 8.94. The number of aryl methyl sites for hydroxylation is 1. The molecule has 0 saturated heterocycles. The minimum atomic E-state index is -3.99. The first-order chi connectivity index (χ1) is 12.4. The molecule has 0 aliphatic heterocycles. The SMILES string of the molecule is Cc1ccc([N+](=O)[O-])cc1S(=O)(=O)NCc1nnnn1-c1ccccc1. The van der Waals surface area contributed by atoms with Gasteiger partial charge in [-0.1, -0.05) is 24.3 Å². The zero-order valence-electron chi connectivity index (χ0n) is 13.6. The van der Waals surface area contributed by atoms with E-state index >= 15 is 0 Å². The van der Waals surface area contributed by atoms with Gasteiger partial charge in [0.2, 0.25) is 10.0 Å². The van der Waals surface area contributed by atoms with Crippen molar-refractivity contribution in [2.24, 2.45) is 0 Å². The molecule has 0 fully saturated rings. The number of nitrogens with one attached hydrogen (secondary N) is 1. The molecule has 0 unspecified atom stereocenters. The number of hydrogen-bond donors (Lipinski definition) is 1. The van der Waals surface area contributed by atoms with Crippen LogP contribution >= 0.6 is 0 Å². The van der Waals surface area contributed by atoms with Crippen LogP contribution in [-0.2, 0) is 16.6 Å². The minimum Gasteiger partial charge on any atom is -0.258 e. The Labute approximate surface area is 148 Å². The predicted molar refractivity (Wildman–Crippen MR) is 91.0 cm³/mol. The summed E-state index contributed by atoms with van der Waals surface area (Å²) < 4.78 is 28.9. The maximum Gasteiger partial charge on any atom is 0.270 e. The van der Waals surface area contributed by atoms with Crippen LogP contribution in [0.4, 0.5) is 5.69 Å². The fourth-order valence-corrected chi connectivity index (χ4v) is 3.56. The number of nitro benzene ring substituents is 1. The van der Waals surface area contributed by atoms with Crippen molar-refractivity contribution in [3.63, 3.8) is 0 Å². The average Bonchev–Trinajstić information content (AvgIpc) is 3.09. The number of nitro groups is 1. The molecule has 3 rings (SSSR count). The van der Waals surface area contributed by atoms with Crippen molar-refractivity contribution in [3.8, 4) is 5.69 Å². The van der Waals surface area contributed by atoms with Crippen LogP contribution in [0.25, 0.3) is 5.69 Å². The smallest absolute Gasteiger partial charge is 0.258 e. The van der Waals surface area contributed by atoms with Gasteiger partial charge in [-0.3, -0.25) is 10.1 Å². The summed E-state index contributed by atoms with van der Waals surface area (Å²) in [4.78, 5) is 10.1. The normalized spacial score (nSPS) is 11.4. The van der Waals surface area contributed by atoms with Gasteiger partial charge in [0, 0.05) is 12.1 Å². The van der Waals surface area contributed by atoms with E-state index in [1.54, 1.807) is 31.2 Å². The summed E-state index contributed by atoms with van der Waals surface area (Å²) in [5.74, 6) is 0.280. The number of hydrogen-bond acceptors (Lipinski definition) is 7. The second-order valence-corrected chi connectivity index (χ2v) is 7.11. The van der Waals surface area contributed by atoms with Crippen molar-refractivity contribution in [2.75, 3.05) is 0 Å². The molecule has 0 atom stereocenters. The van der Waals surface area contributed by atoms with Gasteiger partial charge in [0.15, 0.2) is 5.82 Å². The standard InChI is InChI=1S/C15H14N6O4S/c1-11-7-8-13(21(22)23)9-14(11)26(24,25)16-10-15-17-18-19-20(15)12-5-3-2-4-6-12/h2-9,16H,10H2,1H3. The van der Waals surface area contributed by atoms with Gasteiger partial charge < -0.3 is 0 Å². The molecule has 0 aliphatic carbocycles. The topological polar surface area (TPSA) is 133 Å². The third-order valence-corrected chi connectivity index (χ3v) is 5.17. The molecular weight excluding hydrogens is 360 g/mol. The van der Waals surface area contributed by atoms with E-state index in [2.05, 4.69) is 20.2 Å². The van der Waals surface area contributed by atoms with E-state index in [0.717, 1.165) is 6.07 Å². The number of benzene rings is 2.